The maximum absolute atomic E-state index is 11.9. The Labute approximate surface area is 134 Å². The smallest absolute Gasteiger partial charge is 0.240 e. The molecular formula is C17H19N3O3. The van der Waals surface area contributed by atoms with Gasteiger partial charge in [-0.25, -0.2) is 4.98 Å². The van der Waals surface area contributed by atoms with Crippen LogP contribution in [0.2, 0.25) is 0 Å². The van der Waals surface area contributed by atoms with E-state index in [1.165, 1.54) is 0 Å². The van der Waals surface area contributed by atoms with Gasteiger partial charge in [-0.05, 0) is 31.0 Å². The highest BCUT2D eigenvalue weighted by atomic mass is 16.5. The molecule has 3 rings (SSSR count). The molecule has 1 fully saturated rings. The van der Waals surface area contributed by atoms with Gasteiger partial charge in [-0.1, -0.05) is 12.1 Å². The maximum atomic E-state index is 11.9. The zero-order valence-corrected chi connectivity index (χ0v) is 12.9. The van der Waals surface area contributed by atoms with Crippen LogP contribution >= 0.6 is 0 Å². The number of methoxy groups -OCH3 is 1. The Bertz CT molecular complexity index is 714. The second-order valence-corrected chi connectivity index (χ2v) is 5.59. The van der Waals surface area contributed by atoms with Gasteiger partial charge in [0, 0.05) is 24.4 Å². The van der Waals surface area contributed by atoms with Crippen LogP contribution in [0.3, 0.4) is 0 Å². The minimum absolute atomic E-state index is 0.131. The third-order valence-corrected chi connectivity index (χ3v) is 3.79. The van der Waals surface area contributed by atoms with Crippen LogP contribution in [0.5, 0.6) is 17.4 Å². The molecule has 120 valence electrons. The predicted molar refractivity (Wildman–Crippen MR) is 85.3 cm³/mol. The fourth-order valence-corrected chi connectivity index (χ4v) is 2.14. The summed E-state index contributed by atoms with van der Waals surface area (Å²) in [6, 6.07) is 10.9. The number of nitrogens with two attached hydrogens (primary N) is 1. The summed E-state index contributed by atoms with van der Waals surface area (Å²) in [4.78, 5) is 16.2. The van der Waals surface area contributed by atoms with Crippen LogP contribution in [0.4, 0.5) is 0 Å². The van der Waals surface area contributed by atoms with Crippen LogP contribution in [0.15, 0.2) is 42.6 Å². The average Bonchev–Trinajstić information content (AvgIpc) is 3.33. The van der Waals surface area contributed by atoms with Crippen molar-refractivity contribution in [3.63, 3.8) is 0 Å². The van der Waals surface area contributed by atoms with Crippen molar-refractivity contribution in [3.8, 4) is 17.4 Å². The molecule has 0 radical (unpaired) electrons. The molecule has 0 spiro atoms. The predicted octanol–water partition coefficient (Wildman–Crippen LogP) is 1.99. The van der Waals surface area contributed by atoms with Gasteiger partial charge in [-0.3, -0.25) is 4.79 Å². The molecule has 1 aromatic carbocycles. The van der Waals surface area contributed by atoms with E-state index in [4.69, 9.17) is 15.2 Å². The van der Waals surface area contributed by atoms with E-state index >= 15 is 0 Å². The number of hydrogen-bond donors (Lipinski definition) is 2. The number of hydrogen-bond acceptors (Lipinski definition) is 5. The normalized spacial score (nSPS) is 14.9. The van der Waals surface area contributed by atoms with E-state index in [9.17, 15) is 4.79 Å². The second kappa shape index (κ2) is 6.26. The standard InChI is InChI=1S/C17H19N3O3/c1-22-13-5-2-6-14(10-13)23-15-12(4-3-9-19-15)11-20-16(21)17(18)7-8-17/h2-6,9-10H,7-8,11,18H2,1H3,(H,20,21). The van der Waals surface area contributed by atoms with E-state index < -0.39 is 5.54 Å². The monoisotopic (exact) mass is 313 g/mol. The summed E-state index contributed by atoms with van der Waals surface area (Å²) >= 11 is 0. The lowest BCUT2D eigenvalue weighted by molar-refractivity contribution is -0.123. The third-order valence-electron chi connectivity index (χ3n) is 3.79. The first kappa shape index (κ1) is 15.3. The van der Waals surface area contributed by atoms with Gasteiger partial charge >= 0.3 is 0 Å². The Kier molecular flexibility index (Phi) is 4.16. The van der Waals surface area contributed by atoms with Gasteiger partial charge in [0.05, 0.1) is 12.6 Å². The largest absolute Gasteiger partial charge is 0.497 e. The number of nitrogens with zero attached hydrogens (tertiary/aromatic N) is 1. The Morgan fingerprint density at radius 2 is 2.09 bits per heavy atom. The van der Waals surface area contributed by atoms with E-state index in [1.807, 2.05) is 24.3 Å². The summed E-state index contributed by atoms with van der Waals surface area (Å²) in [6.45, 7) is 0.324. The number of benzene rings is 1. The molecule has 6 nitrogen and oxygen atoms in total. The topological polar surface area (TPSA) is 86.5 Å². The number of carbonyl (C=O) groups excluding carboxylic acids is 1. The molecule has 0 unspecified atom stereocenters. The lowest BCUT2D eigenvalue weighted by atomic mass is 10.2. The number of ether oxygens (including phenoxy) is 2. The van der Waals surface area contributed by atoms with Crippen molar-refractivity contribution in [2.75, 3.05) is 7.11 Å². The zero-order valence-electron chi connectivity index (χ0n) is 12.9. The Morgan fingerprint density at radius 3 is 2.83 bits per heavy atom. The summed E-state index contributed by atoms with van der Waals surface area (Å²) in [6.07, 6.45) is 3.12. The van der Waals surface area contributed by atoms with Gasteiger partial charge in [-0.15, -0.1) is 0 Å². The molecule has 0 atom stereocenters. The van der Waals surface area contributed by atoms with Crippen molar-refractivity contribution in [3.05, 3.63) is 48.2 Å². The molecule has 1 saturated carbocycles. The van der Waals surface area contributed by atoms with Crippen molar-refractivity contribution in [1.29, 1.82) is 0 Å². The van der Waals surface area contributed by atoms with Crippen LogP contribution in [-0.4, -0.2) is 23.5 Å². The van der Waals surface area contributed by atoms with Crippen molar-refractivity contribution in [2.45, 2.75) is 24.9 Å². The van der Waals surface area contributed by atoms with Crippen molar-refractivity contribution in [1.82, 2.24) is 10.3 Å². The number of nitrogens with one attached hydrogen (secondary N) is 1. The fourth-order valence-electron chi connectivity index (χ4n) is 2.14. The molecule has 0 aliphatic heterocycles. The summed E-state index contributed by atoms with van der Waals surface area (Å²) in [5.74, 6) is 1.64. The average molecular weight is 313 g/mol. The lowest BCUT2D eigenvalue weighted by Crippen LogP contribution is -2.42. The molecule has 6 heteroatoms. The molecule has 1 amide bonds. The van der Waals surface area contributed by atoms with E-state index in [0.717, 1.165) is 18.4 Å². The summed E-state index contributed by atoms with van der Waals surface area (Å²) in [5.41, 5.74) is 5.98. The van der Waals surface area contributed by atoms with Crippen molar-refractivity contribution >= 4 is 5.91 Å². The second-order valence-electron chi connectivity index (χ2n) is 5.59. The quantitative estimate of drug-likeness (QED) is 0.851. The van der Waals surface area contributed by atoms with Gasteiger partial charge in [0.25, 0.3) is 0 Å². The van der Waals surface area contributed by atoms with Crippen LogP contribution in [0, 0.1) is 0 Å². The fraction of sp³-hybridized carbons (Fsp3) is 0.294. The highest BCUT2D eigenvalue weighted by Crippen LogP contribution is 2.32. The molecule has 3 N–H and O–H groups in total. The summed E-state index contributed by atoms with van der Waals surface area (Å²) in [5, 5.41) is 2.84. The van der Waals surface area contributed by atoms with Crippen molar-refractivity contribution < 1.29 is 14.3 Å². The first-order valence-electron chi connectivity index (χ1n) is 7.44. The highest BCUT2D eigenvalue weighted by molar-refractivity contribution is 5.88. The molecule has 2 aromatic rings. The number of rotatable bonds is 6. The van der Waals surface area contributed by atoms with Crippen LogP contribution < -0.4 is 20.5 Å². The van der Waals surface area contributed by atoms with E-state index in [2.05, 4.69) is 10.3 Å². The SMILES string of the molecule is COc1cccc(Oc2ncccc2CNC(=O)C2(N)CC2)c1. The first-order valence-corrected chi connectivity index (χ1v) is 7.44. The molecule has 1 aliphatic rings. The molecule has 0 bridgehead atoms. The van der Waals surface area contributed by atoms with Crippen LogP contribution in [-0.2, 0) is 11.3 Å². The number of amides is 1. The van der Waals surface area contributed by atoms with Gasteiger partial charge in [0.2, 0.25) is 11.8 Å². The van der Waals surface area contributed by atoms with Gasteiger partial charge < -0.3 is 20.5 Å². The maximum Gasteiger partial charge on any atom is 0.240 e. The molecule has 1 heterocycles. The summed E-state index contributed by atoms with van der Waals surface area (Å²) < 4.78 is 11.0. The summed E-state index contributed by atoms with van der Waals surface area (Å²) in [7, 11) is 1.60. The number of pyridine rings is 1. The van der Waals surface area contributed by atoms with E-state index in [0.29, 0.717) is 23.9 Å². The number of aromatic nitrogens is 1. The highest BCUT2D eigenvalue weighted by Gasteiger charge is 2.45. The minimum Gasteiger partial charge on any atom is -0.497 e. The molecule has 23 heavy (non-hydrogen) atoms. The number of carbonyl (C=O) groups is 1. The molecular weight excluding hydrogens is 294 g/mol. The van der Waals surface area contributed by atoms with E-state index in [-0.39, 0.29) is 5.91 Å². The Balaban J connectivity index is 1.71. The van der Waals surface area contributed by atoms with Crippen molar-refractivity contribution in [2.24, 2.45) is 5.73 Å². The van der Waals surface area contributed by atoms with Gasteiger partial charge in [0.1, 0.15) is 11.5 Å². The van der Waals surface area contributed by atoms with Gasteiger partial charge in [-0.2, -0.15) is 0 Å². The van der Waals surface area contributed by atoms with Gasteiger partial charge in [0.15, 0.2) is 0 Å². The zero-order chi connectivity index (χ0) is 16.3. The third kappa shape index (κ3) is 3.60. The lowest BCUT2D eigenvalue weighted by Gasteiger charge is -2.13. The van der Waals surface area contributed by atoms with Crippen LogP contribution in [0.1, 0.15) is 18.4 Å². The molecule has 0 saturated heterocycles. The first-order chi connectivity index (χ1) is 11.1. The minimum atomic E-state index is -0.684. The Morgan fingerprint density at radius 1 is 1.30 bits per heavy atom. The molecule has 1 aromatic heterocycles. The van der Waals surface area contributed by atoms with Crippen LogP contribution in [0.25, 0.3) is 0 Å². The molecule has 1 aliphatic carbocycles. The Hall–Kier alpha value is -2.60. The van der Waals surface area contributed by atoms with E-state index in [1.54, 1.807) is 25.4 Å².